The Morgan fingerprint density at radius 3 is 2.79 bits per heavy atom. The van der Waals surface area contributed by atoms with Crippen LogP contribution in [0.25, 0.3) is 6.08 Å². The molecule has 0 fully saturated rings. The number of benzene rings is 1. The van der Waals surface area contributed by atoms with Crippen molar-refractivity contribution in [3.05, 3.63) is 42.0 Å². The summed E-state index contributed by atoms with van der Waals surface area (Å²) in [5.74, 6) is 2.51. The Kier molecular flexibility index (Phi) is 4.54. The number of ether oxygens (including phenoxy) is 1. The topological polar surface area (TPSA) is 9.23 Å². The number of hydrogen-bond donors (Lipinski definition) is 0. The maximum absolute atomic E-state index is 5.29. The Balaban J connectivity index is 2.32. The van der Waals surface area contributed by atoms with Crippen molar-refractivity contribution in [2.75, 3.05) is 6.61 Å². The Labute approximate surface area is 85.4 Å². The van der Waals surface area contributed by atoms with Crippen LogP contribution in [0.3, 0.4) is 0 Å². The summed E-state index contributed by atoms with van der Waals surface area (Å²) in [5, 5.41) is 0. The van der Waals surface area contributed by atoms with Crippen LogP contribution in [0, 0.1) is 12.3 Å². The Bertz CT molecular complexity index is 319. The Morgan fingerprint density at radius 2 is 2.14 bits per heavy atom. The highest BCUT2D eigenvalue weighted by molar-refractivity contribution is 5.48. The van der Waals surface area contributed by atoms with Crippen molar-refractivity contribution in [2.24, 2.45) is 0 Å². The van der Waals surface area contributed by atoms with E-state index in [2.05, 4.69) is 5.92 Å². The average Bonchev–Trinajstić information content (AvgIpc) is 2.25. The fourth-order valence-corrected chi connectivity index (χ4v) is 0.996. The van der Waals surface area contributed by atoms with E-state index in [0.29, 0.717) is 6.61 Å². The van der Waals surface area contributed by atoms with Crippen LogP contribution >= 0.6 is 0 Å². The minimum Gasteiger partial charge on any atom is -0.362 e. The van der Waals surface area contributed by atoms with Crippen molar-refractivity contribution in [3.8, 4) is 12.3 Å². The van der Waals surface area contributed by atoms with E-state index < -0.39 is 0 Å². The molecule has 1 aromatic carbocycles. The van der Waals surface area contributed by atoms with Gasteiger partial charge in [-0.15, -0.1) is 6.42 Å². The molecule has 1 aromatic rings. The molecule has 14 heavy (non-hydrogen) atoms. The SMILES string of the molecule is C#C[C@H](C)OC/C=C/c1ccccc1. The van der Waals surface area contributed by atoms with Crippen LogP contribution in [0.1, 0.15) is 12.5 Å². The third-order valence-corrected chi connectivity index (χ3v) is 1.79. The molecule has 1 atom stereocenters. The lowest BCUT2D eigenvalue weighted by molar-refractivity contribution is 0.130. The van der Waals surface area contributed by atoms with Crippen LogP contribution in [0.2, 0.25) is 0 Å². The lowest BCUT2D eigenvalue weighted by Crippen LogP contribution is -2.03. The zero-order chi connectivity index (χ0) is 10.2. The third-order valence-electron chi connectivity index (χ3n) is 1.79. The van der Waals surface area contributed by atoms with Crippen molar-refractivity contribution < 1.29 is 4.74 Å². The molecule has 1 rings (SSSR count). The first-order valence-electron chi connectivity index (χ1n) is 4.62. The molecule has 0 saturated carbocycles. The highest BCUT2D eigenvalue weighted by atomic mass is 16.5. The summed E-state index contributed by atoms with van der Waals surface area (Å²) < 4.78 is 5.29. The van der Waals surface area contributed by atoms with E-state index in [0.717, 1.165) is 0 Å². The third kappa shape index (κ3) is 3.93. The van der Waals surface area contributed by atoms with Crippen molar-refractivity contribution in [1.29, 1.82) is 0 Å². The maximum Gasteiger partial charge on any atom is 0.115 e. The number of rotatable bonds is 4. The van der Waals surface area contributed by atoms with Gasteiger partial charge in [0.2, 0.25) is 0 Å². The molecule has 1 nitrogen and oxygen atoms in total. The van der Waals surface area contributed by atoms with E-state index in [1.165, 1.54) is 5.56 Å². The van der Waals surface area contributed by atoms with Gasteiger partial charge in [-0.2, -0.15) is 0 Å². The van der Waals surface area contributed by atoms with E-state index in [9.17, 15) is 0 Å². The molecule has 0 N–H and O–H groups in total. The molecular formula is C13H14O. The molecule has 0 amide bonds. The van der Waals surface area contributed by atoms with Gasteiger partial charge in [0.05, 0.1) is 6.61 Å². The van der Waals surface area contributed by atoms with Crippen LogP contribution in [-0.2, 0) is 4.74 Å². The molecule has 0 aliphatic rings. The largest absolute Gasteiger partial charge is 0.362 e. The molecule has 0 saturated heterocycles. The van der Waals surface area contributed by atoms with E-state index in [4.69, 9.17) is 11.2 Å². The molecular weight excluding hydrogens is 172 g/mol. The van der Waals surface area contributed by atoms with Gasteiger partial charge in [-0.05, 0) is 12.5 Å². The average molecular weight is 186 g/mol. The first-order valence-corrected chi connectivity index (χ1v) is 4.62. The van der Waals surface area contributed by atoms with E-state index in [-0.39, 0.29) is 6.10 Å². The van der Waals surface area contributed by atoms with Gasteiger partial charge >= 0.3 is 0 Å². The maximum atomic E-state index is 5.29. The lowest BCUT2D eigenvalue weighted by atomic mass is 10.2. The molecule has 0 spiro atoms. The molecule has 0 bridgehead atoms. The van der Waals surface area contributed by atoms with Gasteiger partial charge in [-0.3, -0.25) is 0 Å². The van der Waals surface area contributed by atoms with Crippen LogP contribution in [0.4, 0.5) is 0 Å². The quantitative estimate of drug-likeness (QED) is 0.657. The molecule has 0 unspecified atom stereocenters. The van der Waals surface area contributed by atoms with Crippen molar-refractivity contribution in [1.82, 2.24) is 0 Å². The van der Waals surface area contributed by atoms with Crippen LogP contribution < -0.4 is 0 Å². The summed E-state index contributed by atoms with van der Waals surface area (Å²) >= 11 is 0. The van der Waals surface area contributed by atoms with Gasteiger partial charge in [-0.25, -0.2) is 0 Å². The molecule has 0 aromatic heterocycles. The second-order valence-electron chi connectivity index (χ2n) is 2.96. The zero-order valence-electron chi connectivity index (χ0n) is 8.31. The highest BCUT2D eigenvalue weighted by Gasteiger charge is 1.91. The van der Waals surface area contributed by atoms with Crippen LogP contribution in [-0.4, -0.2) is 12.7 Å². The minimum absolute atomic E-state index is 0.115. The van der Waals surface area contributed by atoms with E-state index in [1.807, 2.05) is 49.4 Å². The summed E-state index contributed by atoms with van der Waals surface area (Å²) in [7, 11) is 0. The van der Waals surface area contributed by atoms with E-state index >= 15 is 0 Å². The second-order valence-corrected chi connectivity index (χ2v) is 2.96. The standard InChI is InChI=1S/C13H14O/c1-3-12(2)14-11-7-10-13-8-5-4-6-9-13/h1,4-10,12H,11H2,2H3/b10-7+/t12-/m0/s1. The predicted octanol–water partition coefficient (Wildman–Crippen LogP) is 2.74. The fraction of sp³-hybridized carbons (Fsp3) is 0.231. The monoisotopic (exact) mass is 186 g/mol. The smallest absolute Gasteiger partial charge is 0.115 e. The zero-order valence-corrected chi connectivity index (χ0v) is 8.31. The molecule has 0 aliphatic heterocycles. The predicted molar refractivity (Wildman–Crippen MR) is 59.7 cm³/mol. The molecule has 0 heterocycles. The summed E-state index contributed by atoms with van der Waals surface area (Å²) in [6.45, 7) is 2.41. The van der Waals surface area contributed by atoms with Crippen molar-refractivity contribution in [2.45, 2.75) is 13.0 Å². The fourth-order valence-electron chi connectivity index (χ4n) is 0.996. The first-order chi connectivity index (χ1) is 6.83. The lowest BCUT2D eigenvalue weighted by Gasteiger charge is -2.02. The number of terminal acetylenes is 1. The van der Waals surface area contributed by atoms with Gasteiger partial charge in [0.15, 0.2) is 0 Å². The molecule has 72 valence electrons. The van der Waals surface area contributed by atoms with Gasteiger partial charge in [0.25, 0.3) is 0 Å². The molecule has 0 aliphatic carbocycles. The van der Waals surface area contributed by atoms with Crippen molar-refractivity contribution >= 4 is 6.08 Å². The summed E-state index contributed by atoms with van der Waals surface area (Å²) in [4.78, 5) is 0. The summed E-state index contributed by atoms with van der Waals surface area (Å²) in [6.07, 6.45) is 9.03. The molecule has 0 radical (unpaired) electrons. The van der Waals surface area contributed by atoms with Gasteiger partial charge in [0.1, 0.15) is 6.10 Å². The first kappa shape index (κ1) is 10.6. The Morgan fingerprint density at radius 1 is 1.43 bits per heavy atom. The molecule has 1 heteroatoms. The number of hydrogen-bond acceptors (Lipinski definition) is 1. The van der Waals surface area contributed by atoms with Crippen molar-refractivity contribution in [3.63, 3.8) is 0 Å². The van der Waals surface area contributed by atoms with E-state index in [1.54, 1.807) is 0 Å². The normalized spacial score (nSPS) is 12.6. The second kappa shape index (κ2) is 6.01. The highest BCUT2D eigenvalue weighted by Crippen LogP contribution is 2.00. The van der Waals surface area contributed by atoms with Gasteiger partial charge in [-0.1, -0.05) is 48.4 Å². The summed E-state index contributed by atoms with van der Waals surface area (Å²) in [6, 6.07) is 10.1. The Hall–Kier alpha value is -1.52. The van der Waals surface area contributed by atoms with Crippen LogP contribution in [0.5, 0.6) is 0 Å². The minimum atomic E-state index is -0.115. The van der Waals surface area contributed by atoms with Gasteiger partial charge < -0.3 is 4.74 Å². The van der Waals surface area contributed by atoms with Crippen LogP contribution in [0.15, 0.2) is 36.4 Å². The summed E-state index contributed by atoms with van der Waals surface area (Å²) in [5.41, 5.74) is 1.17. The van der Waals surface area contributed by atoms with Gasteiger partial charge in [0, 0.05) is 0 Å².